The van der Waals surface area contributed by atoms with Crippen LogP contribution in [-0.2, 0) is 11.2 Å². The van der Waals surface area contributed by atoms with Crippen LogP contribution in [0.15, 0.2) is 54.2 Å². The van der Waals surface area contributed by atoms with Crippen LogP contribution >= 0.6 is 11.3 Å². The molecule has 0 aliphatic carbocycles. The highest BCUT2D eigenvalue weighted by molar-refractivity contribution is 7.12. The summed E-state index contributed by atoms with van der Waals surface area (Å²) in [5.74, 6) is 2.11. The molecule has 202 valence electrons. The molecule has 1 aliphatic heterocycles. The first kappa shape index (κ1) is 26.8. The molecule has 11 heteroatoms. The molecule has 0 bridgehead atoms. The maximum Gasteiger partial charge on any atom is 0.348 e. The molecule has 0 unspecified atom stereocenters. The highest BCUT2D eigenvalue weighted by atomic mass is 32.1. The summed E-state index contributed by atoms with van der Waals surface area (Å²) in [6.45, 7) is 9.32. The van der Waals surface area contributed by atoms with E-state index in [2.05, 4.69) is 54.3 Å². The van der Waals surface area contributed by atoms with Crippen LogP contribution in [0.3, 0.4) is 0 Å². The number of rotatable bonds is 9. The standard InChI is InChI=1S/C28H32N8O2S/c1-18-5-4-6-22(32-18)27-30-10-8-25(35-27)33-24-7-9-29-26(34-24)14-21-13-23(39-17-21)28(37)38-12-11-36-15-19(2)31-20(3)16-36/h4-10,13,17,19-20,31H,11-12,14-16H2,1-3H3,(H,29,30,33,34,35)/t19-,20+. The van der Waals surface area contributed by atoms with Gasteiger partial charge < -0.3 is 15.4 Å². The minimum Gasteiger partial charge on any atom is -0.460 e. The number of hydrogen-bond acceptors (Lipinski definition) is 11. The van der Waals surface area contributed by atoms with Crippen molar-refractivity contribution >= 4 is 28.9 Å². The first-order chi connectivity index (χ1) is 18.9. The van der Waals surface area contributed by atoms with Gasteiger partial charge >= 0.3 is 5.97 Å². The number of aromatic nitrogens is 5. The summed E-state index contributed by atoms with van der Waals surface area (Å²) >= 11 is 1.38. The summed E-state index contributed by atoms with van der Waals surface area (Å²) in [4.78, 5) is 37.9. The van der Waals surface area contributed by atoms with Crippen molar-refractivity contribution in [1.82, 2.24) is 35.1 Å². The topological polar surface area (TPSA) is 118 Å². The molecule has 0 amide bonds. The summed E-state index contributed by atoms with van der Waals surface area (Å²) in [6.07, 6.45) is 3.89. The number of anilines is 2. The summed E-state index contributed by atoms with van der Waals surface area (Å²) in [6, 6.07) is 12.0. The van der Waals surface area contributed by atoms with E-state index in [4.69, 9.17) is 4.74 Å². The molecule has 0 aromatic carbocycles. The molecule has 2 atom stereocenters. The number of ether oxygens (including phenoxy) is 1. The van der Waals surface area contributed by atoms with Crippen LogP contribution in [0, 0.1) is 6.92 Å². The lowest BCUT2D eigenvalue weighted by atomic mass is 10.1. The van der Waals surface area contributed by atoms with Crippen molar-refractivity contribution in [2.75, 3.05) is 31.6 Å². The summed E-state index contributed by atoms with van der Waals surface area (Å²) in [5.41, 5.74) is 2.57. The van der Waals surface area contributed by atoms with Gasteiger partial charge in [0.1, 0.15) is 34.6 Å². The number of pyridine rings is 1. The van der Waals surface area contributed by atoms with Gasteiger partial charge in [-0.05, 0) is 62.0 Å². The van der Waals surface area contributed by atoms with Crippen LogP contribution in [0.1, 0.15) is 40.6 Å². The Morgan fingerprint density at radius 2 is 1.85 bits per heavy atom. The predicted octanol–water partition coefficient (Wildman–Crippen LogP) is 3.87. The zero-order chi connectivity index (χ0) is 27.2. The Labute approximate surface area is 231 Å². The van der Waals surface area contributed by atoms with Gasteiger partial charge in [0.2, 0.25) is 0 Å². The number of thiophene rings is 1. The molecule has 1 aliphatic rings. The Morgan fingerprint density at radius 1 is 1.08 bits per heavy atom. The lowest BCUT2D eigenvalue weighted by Gasteiger charge is -2.35. The summed E-state index contributed by atoms with van der Waals surface area (Å²) < 4.78 is 5.55. The van der Waals surface area contributed by atoms with E-state index in [0.29, 0.717) is 59.0 Å². The van der Waals surface area contributed by atoms with Crippen LogP contribution in [0.5, 0.6) is 0 Å². The first-order valence-electron chi connectivity index (χ1n) is 13.0. The third-order valence-electron chi connectivity index (χ3n) is 6.23. The number of nitrogens with zero attached hydrogens (tertiary/aromatic N) is 6. The molecular formula is C28H32N8O2S. The predicted molar refractivity (Wildman–Crippen MR) is 151 cm³/mol. The monoisotopic (exact) mass is 544 g/mol. The smallest absolute Gasteiger partial charge is 0.348 e. The molecule has 1 fully saturated rings. The molecule has 5 rings (SSSR count). The largest absolute Gasteiger partial charge is 0.460 e. The van der Waals surface area contributed by atoms with E-state index in [9.17, 15) is 4.79 Å². The average molecular weight is 545 g/mol. The second-order valence-corrected chi connectivity index (χ2v) is 10.7. The molecule has 0 saturated carbocycles. The lowest BCUT2D eigenvalue weighted by Crippen LogP contribution is -2.54. The quantitative estimate of drug-likeness (QED) is 0.301. The first-order valence-corrected chi connectivity index (χ1v) is 13.9. The van der Waals surface area contributed by atoms with Crippen molar-refractivity contribution in [2.24, 2.45) is 0 Å². The van der Waals surface area contributed by atoms with Gasteiger partial charge in [-0.15, -0.1) is 11.3 Å². The summed E-state index contributed by atoms with van der Waals surface area (Å²) in [7, 11) is 0. The van der Waals surface area contributed by atoms with Crippen molar-refractivity contribution < 1.29 is 9.53 Å². The maximum absolute atomic E-state index is 12.6. The third-order valence-corrected chi connectivity index (χ3v) is 7.18. The SMILES string of the molecule is Cc1cccc(-c2nccc(Nc3ccnc(Cc4csc(C(=O)OCCN5C[C@@H](C)N[C@@H](C)C5)c4)n3)n2)n1. The maximum atomic E-state index is 12.6. The van der Waals surface area contributed by atoms with E-state index in [1.165, 1.54) is 11.3 Å². The van der Waals surface area contributed by atoms with Gasteiger partial charge in [0.05, 0.1) is 0 Å². The zero-order valence-electron chi connectivity index (χ0n) is 22.3. The highest BCUT2D eigenvalue weighted by Gasteiger charge is 2.21. The third kappa shape index (κ3) is 7.41. The number of esters is 1. The van der Waals surface area contributed by atoms with Gasteiger partial charge in [0.25, 0.3) is 0 Å². The van der Waals surface area contributed by atoms with Crippen molar-refractivity contribution in [2.45, 2.75) is 39.3 Å². The number of hydrogen-bond donors (Lipinski definition) is 2. The molecular weight excluding hydrogens is 512 g/mol. The summed E-state index contributed by atoms with van der Waals surface area (Å²) in [5, 5.41) is 8.69. The van der Waals surface area contributed by atoms with Gasteiger partial charge in [0.15, 0.2) is 5.82 Å². The molecule has 1 saturated heterocycles. The molecule has 10 nitrogen and oxygen atoms in total. The van der Waals surface area contributed by atoms with E-state index < -0.39 is 0 Å². The Balaban J connectivity index is 1.16. The number of carbonyl (C=O) groups excluding carboxylic acids is 1. The van der Waals surface area contributed by atoms with Crippen molar-refractivity contribution in [3.8, 4) is 11.5 Å². The Morgan fingerprint density at radius 3 is 2.64 bits per heavy atom. The zero-order valence-corrected chi connectivity index (χ0v) is 23.1. The molecule has 39 heavy (non-hydrogen) atoms. The van der Waals surface area contributed by atoms with Gasteiger partial charge in [0, 0.05) is 56.2 Å². The van der Waals surface area contributed by atoms with Gasteiger partial charge in [-0.1, -0.05) is 6.07 Å². The second-order valence-electron chi connectivity index (χ2n) is 9.77. The van der Waals surface area contributed by atoms with Crippen LogP contribution in [-0.4, -0.2) is 74.1 Å². The number of carbonyl (C=O) groups is 1. The van der Waals surface area contributed by atoms with Crippen molar-refractivity contribution in [3.63, 3.8) is 0 Å². The number of nitrogens with one attached hydrogen (secondary N) is 2. The minimum absolute atomic E-state index is 0.290. The lowest BCUT2D eigenvalue weighted by molar-refractivity contribution is 0.0442. The number of piperazine rings is 1. The highest BCUT2D eigenvalue weighted by Crippen LogP contribution is 2.20. The Hall–Kier alpha value is -3.80. The van der Waals surface area contributed by atoms with Crippen LogP contribution in [0.4, 0.5) is 11.6 Å². The fraction of sp³-hybridized carbons (Fsp3) is 0.357. The molecule has 0 radical (unpaired) electrons. The van der Waals surface area contributed by atoms with Gasteiger partial charge in [-0.3, -0.25) is 4.90 Å². The van der Waals surface area contributed by atoms with Gasteiger partial charge in [-0.2, -0.15) is 0 Å². The van der Waals surface area contributed by atoms with E-state index in [1.807, 2.05) is 36.6 Å². The fourth-order valence-electron chi connectivity index (χ4n) is 4.62. The van der Waals surface area contributed by atoms with Crippen LogP contribution in [0.2, 0.25) is 0 Å². The van der Waals surface area contributed by atoms with E-state index in [-0.39, 0.29) is 5.97 Å². The van der Waals surface area contributed by atoms with E-state index >= 15 is 0 Å². The molecule has 5 heterocycles. The number of aryl methyl sites for hydroxylation is 1. The molecule has 0 spiro atoms. The minimum atomic E-state index is -0.290. The Kier molecular flexibility index (Phi) is 8.50. The molecule has 2 N–H and O–H groups in total. The van der Waals surface area contributed by atoms with E-state index in [1.54, 1.807) is 24.5 Å². The Bertz CT molecular complexity index is 1420. The van der Waals surface area contributed by atoms with E-state index in [0.717, 1.165) is 30.9 Å². The molecule has 4 aromatic rings. The normalized spacial score (nSPS) is 17.6. The van der Waals surface area contributed by atoms with Gasteiger partial charge in [-0.25, -0.2) is 29.7 Å². The van der Waals surface area contributed by atoms with Crippen molar-refractivity contribution in [1.29, 1.82) is 0 Å². The second kappa shape index (κ2) is 12.4. The van der Waals surface area contributed by atoms with Crippen LogP contribution < -0.4 is 10.6 Å². The average Bonchev–Trinajstić information content (AvgIpc) is 3.37. The van der Waals surface area contributed by atoms with Crippen LogP contribution in [0.25, 0.3) is 11.5 Å². The molecule has 4 aromatic heterocycles. The fourth-order valence-corrected chi connectivity index (χ4v) is 5.43. The van der Waals surface area contributed by atoms with Crippen molar-refractivity contribution in [3.05, 3.63) is 76.1 Å².